The SMILES string of the molecule is COC(=O)c1cc(F)c(Br)cc1NCc1ccccc1. The molecule has 0 heterocycles. The zero-order chi connectivity index (χ0) is 14.5. The Bertz CT molecular complexity index is 617. The summed E-state index contributed by atoms with van der Waals surface area (Å²) >= 11 is 3.11. The van der Waals surface area contributed by atoms with Gasteiger partial charge in [0.05, 0.1) is 22.8 Å². The molecule has 0 aliphatic rings. The van der Waals surface area contributed by atoms with Crippen molar-refractivity contribution in [1.82, 2.24) is 0 Å². The highest BCUT2D eigenvalue weighted by atomic mass is 79.9. The van der Waals surface area contributed by atoms with E-state index in [2.05, 4.69) is 26.0 Å². The number of rotatable bonds is 4. The quantitative estimate of drug-likeness (QED) is 0.857. The van der Waals surface area contributed by atoms with E-state index in [1.165, 1.54) is 13.2 Å². The third-order valence-corrected chi connectivity index (χ3v) is 3.40. The second-order valence-corrected chi connectivity index (χ2v) is 5.00. The molecule has 0 fully saturated rings. The van der Waals surface area contributed by atoms with Gasteiger partial charge in [-0.3, -0.25) is 0 Å². The Morgan fingerprint density at radius 1 is 1.30 bits per heavy atom. The van der Waals surface area contributed by atoms with Crippen molar-refractivity contribution in [1.29, 1.82) is 0 Å². The van der Waals surface area contributed by atoms with Crippen molar-refractivity contribution >= 4 is 27.6 Å². The molecule has 3 nitrogen and oxygen atoms in total. The van der Waals surface area contributed by atoms with Crippen LogP contribution in [0.5, 0.6) is 0 Å². The first-order chi connectivity index (χ1) is 9.61. The summed E-state index contributed by atoms with van der Waals surface area (Å²) in [5.41, 5.74) is 1.75. The molecule has 0 atom stereocenters. The predicted molar refractivity (Wildman–Crippen MR) is 79.2 cm³/mol. The number of hydrogen-bond acceptors (Lipinski definition) is 3. The first-order valence-electron chi connectivity index (χ1n) is 5.97. The van der Waals surface area contributed by atoms with Gasteiger partial charge in [-0.2, -0.15) is 0 Å². The number of carbonyl (C=O) groups excluding carboxylic acids is 1. The minimum absolute atomic E-state index is 0.170. The fourth-order valence-corrected chi connectivity index (χ4v) is 2.11. The van der Waals surface area contributed by atoms with Crippen LogP contribution in [0, 0.1) is 5.82 Å². The summed E-state index contributed by atoms with van der Waals surface area (Å²) in [5.74, 6) is -1.08. The van der Waals surface area contributed by atoms with Crippen molar-refractivity contribution < 1.29 is 13.9 Å². The number of anilines is 1. The lowest BCUT2D eigenvalue weighted by atomic mass is 10.1. The highest BCUT2D eigenvalue weighted by Crippen LogP contribution is 2.26. The number of ether oxygens (including phenoxy) is 1. The van der Waals surface area contributed by atoms with E-state index < -0.39 is 11.8 Å². The third-order valence-electron chi connectivity index (χ3n) is 2.79. The van der Waals surface area contributed by atoms with E-state index in [1.54, 1.807) is 0 Å². The van der Waals surface area contributed by atoms with Crippen molar-refractivity contribution in [2.75, 3.05) is 12.4 Å². The lowest BCUT2D eigenvalue weighted by Gasteiger charge is -2.12. The summed E-state index contributed by atoms with van der Waals surface area (Å²) in [7, 11) is 1.27. The van der Waals surface area contributed by atoms with E-state index in [1.807, 2.05) is 30.3 Å². The number of carbonyl (C=O) groups is 1. The molecule has 0 amide bonds. The minimum Gasteiger partial charge on any atom is -0.465 e. The van der Waals surface area contributed by atoms with E-state index in [-0.39, 0.29) is 5.56 Å². The monoisotopic (exact) mass is 337 g/mol. The van der Waals surface area contributed by atoms with E-state index >= 15 is 0 Å². The number of esters is 1. The lowest BCUT2D eigenvalue weighted by Crippen LogP contribution is -2.09. The molecule has 2 aromatic rings. The Labute approximate surface area is 124 Å². The van der Waals surface area contributed by atoms with Gasteiger partial charge in [0, 0.05) is 6.54 Å². The maximum Gasteiger partial charge on any atom is 0.340 e. The van der Waals surface area contributed by atoms with Crippen molar-refractivity contribution in [2.24, 2.45) is 0 Å². The van der Waals surface area contributed by atoms with Gasteiger partial charge in [-0.1, -0.05) is 30.3 Å². The van der Waals surface area contributed by atoms with Crippen LogP contribution in [0.2, 0.25) is 0 Å². The maximum atomic E-state index is 13.5. The fraction of sp³-hybridized carbons (Fsp3) is 0.133. The van der Waals surface area contributed by atoms with Crippen molar-refractivity contribution in [3.63, 3.8) is 0 Å². The largest absolute Gasteiger partial charge is 0.465 e. The normalized spacial score (nSPS) is 10.2. The summed E-state index contributed by atoms with van der Waals surface area (Å²) in [4.78, 5) is 11.7. The Morgan fingerprint density at radius 2 is 2.00 bits per heavy atom. The molecule has 104 valence electrons. The van der Waals surface area contributed by atoms with Crippen LogP contribution in [0.1, 0.15) is 15.9 Å². The predicted octanol–water partition coefficient (Wildman–Crippen LogP) is 3.99. The van der Waals surface area contributed by atoms with Gasteiger partial charge in [-0.25, -0.2) is 9.18 Å². The summed E-state index contributed by atoms with van der Waals surface area (Å²) in [6.45, 7) is 0.531. The van der Waals surface area contributed by atoms with Gasteiger partial charge in [0.15, 0.2) is 0 Å². The van der Waals surface area contributed by atoms with Gasteiger partial charge in [-0.15, -0.1) is 0 Å². The van der Waals surface area contributed by atoms with E-state index in [0.717, 1.165) is 11.6 Å². The molecule has 0 aliphatic heterocycles. The average Bonchev–Trinajstić information content (AvgIpc) is 2.48. The number of nitrogens with one attached hydrogen (secondary N) is 1. The Kier molecular flexibility index (Phi) is 4.74. The van der Waals surface area contributed by atoms with E-state index in [9.17, 15) is 9.18 Å². The highest BCUT2D eigenvalue weighted by Gasteiger charge is 2.15. The Balaban J connectivity index is 2.26. The van der Waals surface area contributed by atoms with Gasteiger partial charge in [0.2, 0.25) is 0 Å². The fourth-order valence-electron chi connectivity index (χ4n) is 1.77. The average molecular weight is 338 g/mol. The summed E-state index contributed by atoms with van der Waals surface area (Å²) in [6, 6.07) is 12.4. The van der Waals surface area contributed by atoms with Crippen LogP contribution in [-0.4, -0.2) is 13.1 Å². The zero-order valence-electron chi connectivity index (χ0n) is 10.8. The molecular formula is C15H13BrFNO2. The molecule has 0 radical (unpaired) electrons. The standard InChI is InChI=1S/C15H13BrFNO2/c1-20-15(19)11-7-13(17)12(16)8-14(11)18-9-10-5-3-2-4-6-10/h2-8,18H,9H2,1H3. The van der Waals surface area contributed by atoms with Gasteiger partial charge >= 0.3 is 5.97 Å². The number of methoxy groups -OCH3 is 1. The van der Waals surface area contributed by atoms with Crippen LogP contribution in [0.25, 0.3) is 0 Å². The van der Waals surface area contributed by atoms with Crippen LogP contribution in [0.3, 0.4) is 0 Å². The first kappa shape index (κ1) is 14.5. The molecule has 5 heteroatoms. The van der Waals surface area contributed by atoms with Crippen LogP contribution in [-0.2, 0) is 11.3 Å². The molecule has 2 rings (SSSR count). The van der Waals surface area contributed by atoms with Gasteiger partial charge < -0.3 is 10.1 Å². The van der Waals surface area contributed by atoms with E-state index in [4.69, 9.17) is 0 Å². The second kappa shape index (κ2) is 6.52. The Morgan fingerprint density at radius 3 is 2.65 bits per heavy atom. The van der Waals surface area contributed by atoms with Crippen molar-refractivity contribution in [3.8, 4) is 0 Å². The molecule has 0 bridgehead atoms. The molecule has 2 aromatic carbocycles. The molecule has 20 heavy (non-hydrogen) atoms. The molecule has 0 saturated carbocycles. The summed E-state index contributed by atoms with van der Waals surface area (Å²) in [6.07, 6.45) is 0. The number of hydrogen-bond donors (Lipinski definition) is 1. The molecule has 0 aromatic heterocycles. The smallest absolute Gasteiger partial charge is 0.340 e. The van der Waals surface area contributed by atoms with Crippen molar-refractivity contribution in [3.05, 3.63) is 63.9 Å². The van der Waals surface area contributed by atoms with Gasteiger partial charge in [0.25, 0.3) is 0 Å². The zero-order valence-corrected chi connectivity index (χ0v) is 12.4. The molecule has 0 aliphatic carbocycles. The second-order valence-electron chi connectivity index (χ2n) is 4.14. The number of halogens is 2. The van der Waals surface area contributed by atoms with Gasteiger partial charge in [-0.05, 0) is 33.6 Å². The summed E-state index contributed by atoms with van der Waals surface area (Å²) < 4.78 is 18.5. The molecule has 0 unspecified atom stereocenters. The van der Waals surface area contributed by atoms with Crippen LogP contribution in [0.4, 0.5) is 10.1 Å². The topological polar surface area (TPSA) is 38.3 Å². The lowest BCUT2D eigenvalue weighted by molar-refractivity contribution is 0.0601. The number of benzene rings is 2. The molecule has 0 saturated heterocycles. The molecular weight excluding hydrogens is 325 g/mol. The minimum atomic E-state index is -0.577. The van der Waals surface area contributed by atoms with Crippen LogP contribution >= 0.6 is 15.9 Å². The Hall–Kier alpha value is -1.88. The highest BCUT2D eigenvalue weighted by molar-refractivity contribution is 9.10. The van der Waals surface area contributed by atoms with Crippen LogP contribution < -0.4 is 5.32 Å². The van der Waals surface area contributed by atoms with Gasteiger partial charge in [0.1, 0.15) is 5.82 Å². The van der Waals surface area contributed by atoms with Crippen LogP contribution in [0.15, 0.2) is 46.9 Å². The molecule has 1 N–H and O–H groups in total. The molecule has 0 spiro atoms. The van der Waals surface area contributed by atoms with Crippen molar-refractivity contribution in [2.45, 2.75) is 6.54 Å². The maximum absolute atomic E-state index is 13.5. The first-order valence-corrected chi connectivity index (χ1v) is 6.76. The summed E-state index contributed by atoms with van der Waals surface area (Å²) in [5, 5.41) is 3.12. The van der Waals surface area contributed by atoms with E-state index in [0.29, 0.717) is 16.7 Å². The third kappa shape index (κ3) is 3.36.